The Labute approximate surface area is 227 Å². The number of anilines is 2. The quantitative estimate of drug-likeness (QED) is 0.250. The van der Waals surface area contributed by atoms with E-state index in [4.69, 9.17) is 9.47 Å². The Morgan fingerprint density at radius 3 is 2.34 bits per heavy atom. The van der Waals surface area contributed by atoms with Crippen LogP contribution in [0.25, 0.3) is 10.8 Å². The molecular formula is C28H25BrN4O5. The van der Waals surface area contributed by atoms with Gasteiger partial charge in [-0.05, 0) is 45.6 Å². The highest BCUT2D eigenvalue weighted by atomic mass is 79.9. The number of pyridine rings is 1. The molecule has 0 saturated carbocycles. The summed E-state index contributed by atoms with van der Waals surface area (Å²) in [5.41, 5.74) is 1.71. The van der Waals surface area contributed by atoms with Crippen LogP contribution in [0.2, 0.25) is 0 Å². The number of nitrogens with zero attached hydrogens (tertiary/aromatic N) is 2. The number of ether oxygens (including phenoxy) is 2. The summed E-state index contributed by atoms with van der Waals surface area (Å²) in [6.45, 7) is 0.103. The lowest BCUT2D eigenvalue weighted by atomic mass is 10.1. The van der Waals surface area contributed by atoms with Gasteiger partial charge in [-0.1, -0.05) is 54.6 Å². The maximum absolute atomic E-state index is 13.1. The van der Waals surface area contributed by atoms with Gasteiger partial charge in [-0.2, -0.15) is 0 Å². The normalized spacial score (nSPS) is 10.4. The zero-order valence-electron chi connectivity index (χ0n) is 20.3. The fourth-order valence-electron chi connectivity index (χ4n) is 3.71. The van der Waals surface area contributed by atoms with Crippen molar-refractivity contribution < 1.29 is 23.9 Å². The standard InChI is InChI=1S/C28H25BrN4O5/c29-22-17-21(18-30-19-22)26(34)33(23-9-2-1-3-10-23)14-13-31-27(35)37-15-16-38-28(36)32-25-12-6-8-20-7-4-5-11-24(20)25/h1-12,17-19H,13-16H2,(H,31,35)(H,32,36). The molecular weight excluding hydrogens is 552 g/mol. The van der Waals surface area contributed by atoms with E-state index in [2.05, 4.69) is 31.5 Å². The lowest BCUT2D eigenvalue weighted by Crippen LogP contribution is -2.39. The van der Waals surface area contributed by atoms with Crippen molar-refractivity contribution in [1.29, 1.82) is 0 Å². The van der Waals surface area contributed by atoms with Gasteiger partial charge in [0, 0.05) is 41.0 Å². The molecule has 0 radical (unpaired) electrons. The lowest BCUT2D eigenvalue weighted by Gasteiger charge is -2.23. The van der Waals surface area contributed by atoms with Gasteiger partial charge in [-0.15, -0.1) is 0 Å². The van der Waals surface area contributed by atoms with Crippen LogP contribution in [0.4, 0.5) is 21.0 Å². The first-order valence-corrected chi connectivity index (χ1v) is 12.6. The van der Waals surface area contributed by atoms with Gasteiger partial charge in [0.05, 0.1) is 11.3 Å². The predicted molar refractivity (Wildman–Crippen MR) is 148 cm³/mol. The fourth-order valence-corrected chi connectivity index (χ4v) is 4.08. The van der Waals surface area contributed by atoms with E-state index < -0.39 is 12.2 Å². The third kappa shape index (κ3) is 7.30. The van der Waals surface area contributed by atoms with E-state index in [1.165, 1.54) is 6.20 Å². The second-order valence-electron chi connectivity index (χ2n) is 8.03. The summed E-state index contributed by atoms with van der Waals surface area (Å²) < 4.78 is 10.9. The van der Waals surface area contributed by atoms with Crippen molar-refractivity contribution in [2.45, 2.75) is 0 Å². The van der Waals surface area contributed by atoms with Gasteiger partial charge < -0.3 is 19.7 Å². The summed E-state index contributed by atoms with van der Waals surface area (Å²) in [4.78, 5) is 43.0. The number of aromatic nitrogens is 1. The number of carbonyl (C=O) groups is 3. The number of para-hydroxylation sites is 1. The van der Waals surface area contributed by atoms with Gasteiger partial charge >= 0.3 is 12.2 Å². The Morgan fingerprint density at radius 2 is 1.55 bits per heavy atom. The van der Waals surface area contributed by atoms with E-state index >= 15 is 0 Å². The summed E-state index contributed by atoms with van der Waals surface area (Å²) in [6, 6.07) is 24.0. The Hall–Kier alpha value is -4.44. The molecule has 0 bridgehead atoms. The Morgan fingerprint density at radius 1 is 0.842 bits per heavy atom. The summed E-state index contributed by atoms with van der Waals surface area (Å²) in [7, 11) is 0. The van der Waals surface area contributed by atoms with Crippen molar-refractivity contribution in [1.82, 2.24) is 10.3 Å². The number of halogens is 1. The number of amides is 3. The van der Waals surface area contributed by atoms with Gasteiger partial charge in [0.25, 0.3) is 5.91 Å². The van der Waals surface area contributed by atoms with Crippen LogP contribution in [0, 0.1) is 0 Å². The zero-order valence-corrected chi connectivity index (χ0v) is 21.9. The molecule has 3 amide bonds. The van der Waals surface area contributed by atoms with E-state index in [0.717, 1.165) is 10.8 Å². The van der Waals surface area contributed by atoms with Crippen LogP contribution >= 0.6 is 15.9 Å². The largest absolute Gasteiger partial charge is 0.446 e. The van der Waals surface area contributed by atoms with E-state index in [1.54, 1.807) is 23.2 Å². The minimum atomic E-state index is -0.687. The van der Waals surface area contributed by atoms with Crippen LogP contribution < -0.4 is 15.5 Å². The van der Waals surface area contributed by atoms with E-state index in [0.29, 0.717) is 21.4 Å². The van der Waals surface area contributed by atoms with Gasteiger partial charge in [0.2, 0.25) is 0 Å². The highest BCUT2D eigenvalue weighted by Crippen LogP contribution is 2.23. The Bertz CT molecular complexity index is 1410. The number of carbonyl (C=O) groups excluding carboxylic acids is 3. The lowest BCUT2D eigenvalue weighted by molar-refractivity contribution is 0.0979. The first kappa shape index (κ1) is 26.6. The summed E-state index contributed by atoms with van der Waals surface area (Å²) >= 11 is 3.33. The van der Waals surface area contributed by atoms with Crippen molar-refractivity contribution in [3.63, 3.8) is 0 Å². The monoisotopic (exact) mass is 576 g/mol. The average molecular weight is 577 g/mol. The van der Waals surface area contributed by atoms with Crippen molar-refractivity contribution in [3.05, 3.63) is 101 Å². The number of fused-ring (bicyclic) bond motifs is 1. The molecule has 1 aromatic heterocycles. The smallest absolute Gasteiger partial charge is 0.411 e. The Kier molecular flexibility index (Phi) is 9.25. The minimum absolute atomic E-state index is 0.117. The molecule has 0 fully saturated rings. The molecule has 0 aliphatic heterocycles. The van der Waals surface area contributed by atoms with E-state index in [9.17, 15) is 14.4 Å². The number of hydrogen-bond donors (Lipinski definition) is 2. The molecule has 0 aliphatic carbocycles. The first-order chi connectivity index (χ1) is 18.5. The minimum Gasteiger partial charge on any atom is -0.446 e. The van der Waals surface area contributed by atoms with Gasteiger partial charge in [0.15, 0.2) is 0 Å². The molecule has 3 aromatic carbocycles. The average Bonchev–Trinajstić information content (AvgIpc) is 2.94. The summed E-state index contributed by atoms with van der Waals surface area (Å²) in [5.74, 6) is -0.259. The molecule has 0 atom stereocenters. The van der Waals surface area contributed by atoms with Crippen LogP contribution in [0.5, 0.6) is 0 Å². The molecule has 0 spiro atoms. The van der Waals surface area contributed by atoms with Gasteiger partial charge in [-0.3, -0.25) is 15.1 Å². The molecule has 0 aliphatic rings. The van der Waals surface area contributed by atoms with Crippen LogP contribution in [0.1, 0.15) is 10.4 Å². The van der Waals surface area contributed by atoms with E-state index in [-0.39, 0.29) is 32.2 Å². The SMILES string of the molecule is O=C(NCCN(C(=O)c1cncc(Br)c1)c1ccccc1)OCCOC(=O)Nc1cccc2ccccc12. The number of nitrogens with one attached hydrogen (secondary N) is 2. The fraction of sp³-hybridized carbons (Fsp3) is 0.143. The van der Waals surface area contributed by atoms with Crippen molar-refractivity contribution in [2.24, 2.45) is 0 Å². The second-order valence-corrected chi connectivity index (χ2v) is 8.95. The molecule has 38 heavy (non-hydrogen) atoms. The number of rotatable bonds is 9. The first-order valence-electron chi connectivity index (χ1n) is 11.8. The molecule has 4 rings (SSSR count). The number of hydrogen-bond acceptors (Lipinski definition) is 6. The maximum atomic E-state index is 13.1. The maximum Gasteiger partial charge on any atom is 0.411 e. The van der Waals surface area contributed by atoms with Crippen molar-refractivity contribution in [2.75, 3.05) is 36.5 Å². The Balaban J connectivity index is 1.21. The molecule has 0 unspecified atom stereocenters. The van der Waals surface area contributed by atoms with Gasteiger partial charge in [-0.25, -0.2) is 9.59 Å². The molecule has 0 saturated heterocycles. The van der Waals surface area contributed by atoms with Crippen LogP contribution in [0.15, 0.2) is 95.7 Å². The predicted octanol–water partition coefficient (Wildman–Crippen LogP) is 5.62. The molecule has 10 heteroatoms. The highest BCUT2D eigenvalue weighted by molar-refractivity contribution is 9.10. The molecule has 9 nitrogen and oxygen atoms in total. The molecule has 2 N–H and O–H groups in total. The van der Waals surface area contributed by atoms with Crippen molar-refractivity contribution >= 4 is 56.2 Å². The van der Waals surface area contributed by atoms with Gasteiger partial charge in [0.1, 0.15) is 13.2 Å². The second kappa shape index (κ2) is 13.2. The van der Waals surface area contributed by atoms with Crippen LogP contribution in [-0.2, 0) is 9.47 Å². The summed E-state index contributed by atoms with van der Waals surface area (Å²) in [5, 5.41) is 7.20. The molecule has 1 heterocycles. The third-order valence-corrected chi connectivity index (χ3v) is 5.88. The number of benzene rings is 3. The number of alkyl carbamates (subject to hydrolysis) is 1. The van der Waals surface area contributed by atoms with Crippen LogP contribution in [0.3, 0.4) is 0 Å². The van der Waals surface area contributed by atoms with E-state index in [1.807, 2.05) is 66.7 Å². The molecule has 194 valence electrons. The topological polar surface area (TPSA) is 110 Å². The summed E-state index contributed by atoms with van der Waals surface area (Å²) in [6.07, 6.45) is 1.75. The highest BCUT2D eigenvalue weighted by Gasteiger charge is 2.18. The third-order valence-electron chi connectivity index (χ3n) is 5.45. The molecule has 4 aromatic rings. The van der Waals surface area contributed by atoms with Crippen molar-refractivity contribution in [3.8, 4) is 0 Å². The van der Waals surface area contributed by atoms with Crippen LogP contribution in [-0.4, -0.2) is 49.4 Å². The zero-order chi connectivity index (χ0) is 26.7.